The highest BCUT2D eigenvalue weighted by Gasteiger charge is 2.61. The molecule has 3 fully saturated rings. The van der Waals surface area contributed by atoms with E-state index in [-0.39, 0.29) is 5.60 Å². The summed E-state index contributed by atoms with van der Waals surface area (Å²) in [7, 11) is 3.97. The topological polar surface area (TPSA) is 54.4 Å². The van der Waals surface area contributed by atoms with Crippen LogP contribution in [0.15, 0.2) is 0 Å². The third-order valence-electron chi connectivity index (χ3n) is 5.32. The second kappa shape index (κ2) is 5.30. The molecule has 3 aliphatic rings. The first kappa shape index (κ1) is 15.1. The van der Waals surface area contributed by atoms with Crippen molar-refractivity contribution in [1.82, 2.24) is 15.0 Å². The van der Waals surface area contributed by atoms with E-state index >= 15 is 0 Å². The van der Waals surface area contributed by atoms with Crippen LogP contribution in [0.4, 0.5) is 11.9 Å². The summed E-state index contributed by atoms with van der Waals surface area (Å²) in [6.07, 6.45) is 5.01. The van der Waals surface area contributed by atoms with Crippen LogP contribution in [-0.2, 0) is 4.74 Å². The fourth-order valence-electron chi connectivity index (χ4n) is 3.98. The van der Waals surface area contributed by atoms with Crippen molar-refractivity contribution < 1.29 is 4.74 Å². The van der Waals surface area contributed by atoms with Gasteiger partial charge in [0, 0.05) is 26.6 Å². The summed E-state index contributed by atoms with van der Waals surface area (Å²) in [6, 6.07) is 0.461. The molecule has 3 heterocycles. The van der Waals surface area contributed by atoms with Gasteiger partial charge in [-0.05, 0) is 31.6 Å². The molecule has 1 aliphatic carbocycles. The Balaban J connectivity index is 1.67. The van der Waals surface area contributed by atoms with Crippen LogP contribution in [0.2, 0.25) is 0 Å². The number of anilines is 2. The largest absolute Gasteiger partial charge is 0.371 e. The lowest BCUT2D eigenvalue weighted by molar-refractivity contribution is -0.0626. The molecule has 1 aromatic rings. The monoisotopic (exact) mass is 317 g/mol. The summed E-state index contributed by atoms with van der Waals surface area (Å²) >= 11 is 0. The van der Waals surface area contributed by atoms with Crippen molar-refractivity contribution in [3.05, 3.63) is 5.82 Å². The highest BCUT2D eigenvalue weighted by molar-refractivity contribution is 5.46. The molecule has 4 rings (SSSR count). The molecule has 1 aromatic heterocycles. The molecule has 2 aliphatic heterocycles. The van der Waals surface area contributed by atoms with Gasteiger partial charge in [0.1, 0.15) is 11.4 Å². The molecule has 23 heavy (non-hydrogen) atoms. The number of aromatic nitrogens is 3. The van der Waals surface area contributed by atoms with Crippen LogP contribution in [-0.4, -0.2) is 53.8 Å². The first-order valence-corrected chi connectivity index (χ1v) is 8.84. The molecule has 0 radical (unpaired) electrons. The predicted molar refractivity (Wildman–Crippen MR) is 90.0 cm³/mol. The standard InChI is InChI=1S/C17H27N5O/c1-11(2)14-18-15(21(3)4)20-16(19-14)22-10-17(8-5-9-23-17)13(22)12-6-7-12/h11-13H,5-10H2,1-4H3. The lowest BCUT2D eigenvalue weighted by Gasteiger charge is -2.55. The Morgan fingerprint density at radius 3 is 2.57 bits per heavy atom. The Morgan fingerprint density at radius 1 is 1.22 bits per heavy atom. The lowest BCUT2D eigenvalue weighted by atomic mass is 9.78. The molecule has 0 N–H and O–H groups in total. The van der Waals surface area contributed by atoms with Gasteiger partial charge in [-0.3, -0.25) is 0 Å². The van der Waals surface area contributed by atoms with Gasteiger partial charge in [-0.2, -0.15) is 15.0 Å². The van der Waals surface area contributed by atoms with Crippen molar-refractivity contribution in [1.29, 1.82) is 0 Å². The zero-order valence-electron chi connectivity index (χ0n) is 14.6. The maximum Gasteiger partial charge on any atom is 0.230 e. The van der Waals surface area contributed by atoms with E-state index in [9.17, 15) is 0 Å². The Morgan fingerprint density at radius 2 is 2.00 bits per heavy atom. The Hall–Kier alpha value is -1.43. The Bertz CT molecular complexity index is 566. The molecule has 0 aromatic carbocycles. The highest BCUT2D eigenvalue weighted by Crippen LogP contribution is 2.52. The van der Waals surface area contributed by atoms with E-state index in [0.29, 0.717) is 12.0 Å². The fraction of sp³-hybridized carbons (Fsp3) is 0.824. The molecule has 1 saturated carbocycles. The van der Waals surface area contributed by atoms with Crippen LogP contribution in [0.3, 0.4) is 0 Å². The smallest absolute Gasteiger partial charge is 0.230 e. The zero-order chi connectivity index (χ0) is 16.2. The summed E-state index contributed by atoms with van der Waals surface area (Å²) in [5.74, 6) is 3.52. The molecule has 126 valence electrons. The Kier molecular flexibility index (Phi) is 3.48. The van der Waals surface area contributed by atoms with Crippen molar-refractivity contribution in [3.8, 4) is 0 Å². The van der Waals surface area contributed by atoms with E-state index in [2.05, 4.69) is 23.7 Å². The second-order valence-electron chi connectivity index (χ2n) is 7.77. The van der Waals surface area contributed by atoms with Gasteiger partial charge in [0.05, 0.1) is 12.6 Å². The molecular formula is C17H27N5O. The molecule has 2 unspecified atom stereocenters. The van der Waals surface area contributed by atoms with Gasteiger partial charge in [0.2, 0.25) is 11.9 Å². The van der Waals surface area contributed by atoms with E-state index < -0.39 is 0 Å². The fourth-order valence-corrected chi connectivity index (χ4v) is 3.98. The minimum atomic E-state index is 0.0735. The third kappa shape index (κ3) is 2.47. The zero-order valence-corrected chi connectivity index (χ0v) is 14.6. The SMILES string of the molecule is CC(C)c1nc(N(C)C)nc(N2CC3(CCCO3)C2C2CC2)n1. The molecule has 6 nitrogen and oxygen atoms in total. The summed E-state index contributed by atoms with van der Waals surface area (Å²) in [4.78, 5) is 18.4. The van der Waals surface area contributed by atoms with Crippen LogP contribution < -0.4 is 9.80 Å². The van der Waals surface area contributed by atoms with E-state index in [1.54, 1.807) is 0 Å². The van der Waals surface area contributed by atoms with Crippen LogP contribution in [0, 0.1) is 5.92 Å². The van der Waals surface area contributed by atoms with Gasteiger partial charge >= 0.3 is 0 Å². The molecule has 2 saturated heterocycles. The average molecular weight is 317 g/mol. The van der Waals surface area contributed by atoms with Gasteiger partial charge in [0.25, 0.3) is 0 Å². The summed E-state index contributed by atoms with van der Waals surface area (Å²) in [5, 5.41) is 0. The van der Waals surface area contributed by atoms with Crippen LogP contribution >= 0.6 is 0 Å². The maximum absolute atomic E-state index is 6.17. The van der Waals surface area contributed by atoms with Gasteiger partial charge < -0.3 is 14.5 Å². The third-order valence-corrected chi connectivity index (χ3v) is 5.32. The van der Waals surface area contributed by atoms with Crippen molar-refractivity contribution in [2.75, 3.05) is 37.0 Å². The van der Waals surface area contributed by atoms with Gasteiger partial charge in [-0.1, -0.05) is 13.8 Å². The molecule has 2 atom stereocenters. The summed E-state index contributed by atoms with van der Waals surface area (Å²) in [6.45, 7) is 6.11. The summed E-state index contributed by atoms with van der Waals surface area (Å²) in [5.41, 5.74) is 0.0735. The predicted octanol–water partition coefficient (Wildman–Crippen LogP) is 2.21. The number of hydrogen-bond acceptors (Lipinski definition) is 6. The van der Waals surface area contributed by atoms with E-state index in [4.69, 9.17) is 14.7 Å². The number of ether oxygens (including phenoxy) is 1. The van der Waals surface area contributed by atoms with E-state index in [0.717, 1.165) is 36.8 Å². The van der Waals surface area contributed by atoms with Crippen molar-refractivity contribution >= 4 is 11.9 Å². The van der Waals surface area contributed by atoms with Crippen molar-refractivity contribution in [2.45, 2.75) is 57.1 Å². The van der Waals surface area contributed by atoms with Crippen LogP contribution in [0.5, 0.6) is 0 Å². The second-order valence-corrected chi connectivity index (χ2v) is 7.77. The van der Waals surface area contributed by atoms with Gasteiger partial charge in [-0.25, -0.2) is 0 Å². The van der Waals surface area contributed by atoms with Crippen molar-refractivity contribution in [2.24, 2.45) is 5.92 Å². The molecule has 6 heteroatoms. The maximum atomic E-state index is 6.17. The van der Waals surface area contributed by atoms with E-state index in [1.807, 2.05) is 19.0 Å². The molecule has 0 bridgehead atoms. The number of hydrogen-bond donors (Lipinski definition) is 0. The van der Waals surface area contributed by atoms with Crippen LogP contribution in [0.1, 0.15) is 51.3 Å². The average Bonchev–Trinajstić information content (AvgIpc) is 3.17. The summed E-state index contributed by atoms with van der Waals surface area (Å²) < 4.78 is 6.17. The van der Waals surface area contributed by atoms with E-state index in [1.165, 1.54) is 25.7 Å². The highest BCUT2D eigenvalue weighted by atomic mass is 16.5. The lowest BCUT2D eigenvalue weighted by Crippen LogP contribution is -2.71. The van der Waals surface area contributed by atoms with Crippen LogP contribution in [0.25, 0.3) is 0 Å². The minimum absolute atomic E-state index is 0.0735. The molecule has 0 amide bonds. The molecule has 1 spiro atoms. The minimum Gasteiger partial charge on any atom is -0.371 e. The quantitative estimate of drug-likeness (QED) is 0.848. The van der Waals surface area contributed by atoms with Crippen molar-refractivity contribution in [3.63, 3.8) is 0 Å². The number of nitrogens with zero attached hydrogens (tertiary/aromatic N) is 5. The Labute approximate surface area is 138 Å². The first-order chi connectivity index (χ1) is 11.0. The first-order valence-electron chi connectivity index (χ1n) is 8.84. The van der Waals surface area contributed by atoms with Gasteiger partial charge in [0.15, 0.2) is 0 Å². The normalized spacial score (nSPS) is 30.1. The van der Waals surface area contributed by atoms with Gasteiger partial charge in [-0.15, -0.1) is 0 Å². The number of rotatable bonds is 4. The molecular weight excluding hydrogens is 290 g/mol.